The Bertz CT molecular complexity index is 820. The molecule has 0 unspecified atom stereocenters. The summed E-state index contributed by atoms with van der Waals surface area (Å²) in [6.07, 6.45) is 0. The van der Waals surface area contributed by atoms with Crippen molar-refractivity contribution in [3.63, 3.8) is 0 Å². The SMILES string of the molecule is CCOC[C@]1(N)[C@H](c2ccc(OC)cc2)[C@H]1S(=O)(=O)c1ccccc1. The maximum atomic E-state index is 13.1. The van der Waals surface area contributed by atoms with E-state index in [1.165, 1.54) is 0 Å². The Kier molecular flexibility index (Phi) is 4.86. The smallest absolute Gasteiger partial charge is 0.183 e. The van der Waals surface area contributed by atoms with Gasteiger partial charge in [-0.3, -0.25) is 0 Å². The van der Waals surface area contributed by atoms with Crippen LogP contribution >= 0.6 is 0 Å². The van der Waals surface area contributed by atoms with Gasteiger partial charge in [0.2, 0.25) is 0 Å². The van der Waals surface area contributed by atoms with Gasteiger partial charge in [0, 0.05) is 12.5 Å². The molecular formula is C19H23NO4S. The number of ether oxygens (including phenoxy) is 2. The van der Waals surface area contributed by atoms with Crippen LogP contribution in [0.5, 0.6) is 5.75 Å². The van der Waals surface area contributed by atoms with Crippen molar-refractivity contribution in [2.24, 2.45) is 5.73 Å². The molecule has 2 aromatic rings. The van der Waals surface area contributed by atoms with E-state index in [9.17, 15) is 8.42 Å². The molecule has 2 N–H and O–H groups in total. The van der Waals surface area contributed by atoms with E-state index in [4.69, 9.17) is 15.2 Å². The van der Waals surface area contributed by atoms with Crippen LogP contribution in [0.1, 0.15) is 18.4 Å². The largest absolute Gasteiger partial charge is 0.497 e. The fourth-order valence-electron chi connectivity index (χ4n) is 3.39. The lowest BCUT2D eigenvalue weighted by molar-refractivity contribution is 0.125. The number of benzene rings is 2. The summed E-state index contributed by atoms with van der Waals surface area (Å²) < 4.78 is 36.9. The van der Waals surface area contributed by atoms with Crippen molar-refractivity contribution in [3.05, 3.63) is 60.2 Å². The zero-order chi connectivity index (χ0) is 18.1. The second kappa shape index (κ2) is 6.78. The van der Waals surface area contributed by atoms with Gasteiger partial charge in [-0.1, -0.05) is 30.3 Å². The van der Waals surface area contributed by atoms with Gasteiger partial charge in [0.25, 0.3) is 0 Å². The van der Waals surface area contributed by atoms with Crippen molar-refractivity contribution in [2.75, 3.05) is 20.3 Å². The molecule has 2 aromatic carbocycles. The van der Waals surface area contributed by atoms with Gasteiger partial charge in [-0.25, -0.2) is 8.42 Å². The van der Waals surface area contributed by atoms with E-state index in [1.54, 1.807) is 37.4 Å². The van der Waals surface area contributed by atoms with E-state index in [0.29, 0.717) is 11.5 Å². The molecule has 3 rings (SSSR count). The lowest BCUT2D eigenvalue weighted by Gasteiger charge is -2.12. The molecule has 0 bridgehead atoms. The molecule has 1 fully saturated rings. The third-order valence-corrected chi connectivity index (χ3v) is 7.05. The minimum atomic E-state index is -3.55. The first-order valence-electron chi connectivity index (χ1n) is 8.24. The van der Waals surface area contributed by atoms with Crippen LogP contribution in [0, 0.1) is 0 Å². The predicted molar refractivity (Wildman–Crippen MR) is 96.6 cm³/mol. The maximum Gasteiger partial charge on any atom is 0.183 e. The van der Waals surface area contributed by atoms with Crippen LogP contribution in [0.3, 0.4) is 0 Å². The summed E-state index contributed by atoms with van der Waals surface area (Å²) in [6.45, 7) is 2.57. The van der Waals surface area contributed by atoms with Crippen LogP contribution in [0.2, 0.25) is 0 Å². The highest BCUT2D eigenvalue weighted by molar-refractivity contribution is 7.92. The molecule has 5 nitrogen and oxygen atoms in total. The highest BCUT2D eigenvalue weighted by atomic mass is 32.2. The molecule has 25 heavy (non-hydrogen) atoms. The number of sulfone groups is 1. The number of rotatable bonds is 7. The first-order valence-corrected chi connectivity index (χ1v) is 9.79. The lowest BCUT2D eigenvalue weighted by atomic mass is 10.1. The zero-order valence-corrected chi connectivity index (χ0v) is 15.2. The third kappa shape index (κ3) is 3.17. The molecule has 0 amide bonds. The van der Waals surface area contributed by atoms with Gasteiger partial charge in [-0.2, -0.15) is 0 Å². The van der Waals surface area contributed by atoms with Gasteiger partial charge in [0.05, 0.1) is 29.4 Å². The molecule has 0 spiro atoms. The van der Waals surface area contributed by atoms with Crippen molar-refractivity contribution >= 4 is 9.84 Å². The maximum absolute atomic E-state index is 13.1. The molecular weight excluding hydrogens is 338 g/mol. The summed E-state index contributed by atoms with van der Waals surface area (Å²) in [5.74, 6) is 0.412. The second-order valence-electron chi connectivity index (χ2n) is 6.28. The Morgan fingerprint density at radius 3 is 2.28 bits per heavy atom. The van der Waals surface area contributed by atoms with E-state index < -0.39 is 20.6 Å². The minimum absolute atomic E-state index is 0.205. The van der Waals surface area contributed by atoms with E-state index >= 15 is 0 Å². The summed E-state index contributed by atoms with van der Waals surface area (Å²) in [5.41, 5.74) is 6.46. The van der Waals surface area contributed by atoms with Gasteiger partial charge in [-0.05, 0) is 36.8 Å². The minimum Gasteiger partial charge on any atom is -0.497 e. The summed E-state index contributed by atoms with van der Waals surface area (Å²) in [6, 6.07) is 15.8. The summed E-state index contributed by atoms with van der Waals surface area (Å²) >= 11 is 0. The standard InChI is InChI=1S/C19H23NO4S/c1-3-24-13-19(20)17(14-9-11-15(23-2)12-10-14)18(19)25(21,22)16-7-5-4-6-8-16/h4-12,17-18H,3,13,20H2,1-2H3/t17-,18-,19+/m1/s1. The number of methoxy groups -OCH3 is 1. The van der Waals surface area contributed by atoms with Gasteiger partial charge in [0.1, 0.15) is 5.75 Å². The summed E-state index contributed by atoms with van der Waals surface area (Å²) in [7, 11) is -1.96. The molecule has 0 aliphatic heterocycles. The molecule has 0 aromatic heterocycles. The Balaban J connectivity index is 1.97. The van der Waals surface area contributed by atoms with Gasteiger partial charge in [-0.15, -0.1) is 0 Å². The van der Waals surface area contributed by atoms with E-state index in [1.807, 2.05) is 31.2 Å². The topological polar surface area (TPSA) is 78.6 Å². The van der Waals surface area contributed by atoms with Crippen molar-refractivity contribution < 1.29 is 17.9 Å². The van der Waals surface area contributed by atoms with Crippen molar-refractivity contribution in [1.29, 1.82) is 0 Å². The Morgan fingerprint density at radius 1 is 1.08 bits per heavy atom. The van der Waals surface area contributed by atoms with Gasteiger partial charge < -0.3 is 15.2 Å². The van der Waals surface area contributed by atoms with Crippen LogP contribution in [0.4, 0.5) is 0 Å². The number of hydrogen-bond acceptors (Lipinski definition) is 5. The third-order valence-electron chi connectivity index (χ3n) is 4.74. The molecule has 0 saturated heterocycles. The number of hydrogen-bond donors (Lipinski definition) is 1. The fourth-order valence-corrected chi connectivity index (χ4v) is 5.71. The summed E-state index contributed by atoms with van der Waals surface area (Å²) in [5, 5.41) is -0.706. The normalized spacial score (nSPS) is 25.6. The van der Waals surface area contributed by atoms with Crippen molar-refractivity contribution in [1.82, 2.24) is 0 Å². The predicted octanol–water partition coefficient (Wildman–Crippen LogP) is 2.37. The van der Waals surface area contributed by atoms with Crippen LogP contribution in [-0.2, 0) is 14.6 Å². The van der Waals surface area contributed by atoms with Gasteiger partial charge in [0.15, 0.2) is 9.84 Å². The molecule has 0 radical (unpaired) electrons. The zero-order valence-electron chi connectivity index (χ0n) is 14.4. The molecule has 1 aliphatic rings. The molecule has 0 heterocycles. The second-order valence-corrected chi connectivity index (χ2v) is 8.35. The molecule has 1 aliphatic carbocycles. The number of nitrogens with two attached hydrogens (primary N) is 1. The highest BCUT2D eigenvalue weighted by Gasteiger charge is 2.69. The van der Waals surface area contributed by atoms with E-state index in [0.717, 1.165) is 11.3 Å². The lowest BCUT2D eigenvalue weighted by Crippen LogP contribution is -2.36. The van der Waals surface area contributed by atoms with Crippen LogP contribution < -0.4 is 10.5 Å². The molecule has 3 atom stereocenters. The molecule has 6 heteroatoms. The average Bonchev–Trinajstić information content (AvgIpc) is 3.27. The Morgan fingerprint density at radius 2 is 1.72 bits per heavy atom. The summed E-state index contributed by atoms with van der Waals surface area (Å²) in [4.78, 5) is 0.294. The van der Waals surface area contributed by atoms with E-state index in [-0.39, 0.29) is 12.5 Å². The van der Waals surface area contributed by atoms with Crippen molar-refractivity contribution in [2.45, 2.75) is 28.5 Å². The van der Waals surface area contributed by atoms with Crippen LogP contribution in [0.25, 0.3) is 0 Å². The Hall–Kier alpha value is -1.89. The fraction of sp³-hybridized carbons (Fsp3) is 0.368. The average molecular weight is 361 g/mol. The highest BCUT2D eigenvalue weighted by Crippen LogP contribution is 2.55. The van der Waals surface area contributed by atoms with Gasteiger partial charge >= 0.3 is 0 Å². The first-order chi connectivity index (χ1) is 11.9. The Labute approximate surface area is 148 Å². The van der Waals surface area contributed by atoms with Crippen molar-refractivity contribution in [3.8, 4) is 5.75 Å². The first kappa shape index (κ1) is 17.9. The van der Waals surface area contributed by atoms with Crippen LogP contribution in [-0.4, -0.2) is 39.5 Å². The van der Waals surface area contributed by atoms with Crippen LogP contribution in [0.15, 0.2) is 59.5 Å². The van der Waals surface area contributed by atoms with E-state index in [2.05, 4.69) is 0 Å². The monoisotopic (exact) mass is 361 g/mol. The molecule has 134 valence electrons. The molecule has 1 saturated carbocycles. The quantitative estimate of drug-likeness (QED) is 0.819.